The average molecular weight is 699 g/mol. The molecule has 1 aromatic carbocycles. The summed E-state index contributed by atoms with van der Waals surface area (Å²) in [5.41, 5.74) is 1.16. The number of hydrogen-bond donors (Lipinski definition) is 4. The summed E-state index contributed by atoms with van der Waals surface area (Å²) in [5.74, 6) is -4.88. The molecule has 1 unspecified atom stereocenters. The number of benzene rings is 1. The number of rotatable bonds is 13. The molecule has 0 bridgehead atoms. The van der Waals surface area contributed by atoms with Gasteiger partial charge in [-0.25, -0.2) is 14.3 Å². The van der Waals surface area contributed by atoms with Gasteiger partial charge in [0.05, 0.1) is 32.5 Å². The second kappa shape index (κ2) is 15.5. The molecule has 272 valence electrons. The van der Waals surface area contributed by atoms with Gasteiger partial charge in [0.15, 0.2) is 5.69 Å². The van der Waals surface area contributed by atoms with Crippen molar-refractivity contribution in [2.45, 2.75) is 88.2 Å². The summed E-state index contributed by atoms with van der Waals surface area (Å²) in [6.45, 7) is 0.637. The number of esters is 2. The number of methoxy groups -OCH3 is 2. The first kappa shape index (κ1) is 35.8. The van der Waals surface area contributed by atoms with Crippen molar-refractivity contribution in [3.05, 3.63) is 46.8 Å². The summed E-state index contributed by atoms with van der Waals surface area (Å²) in [4.78, 5) is 32.0. The van der Waals surface area contributed by atoms with Gasteiger partial charge in [-0.2, -0.15) is 0 Å². The number of aromatic nitrogens is 3. The minimum absolute atomic E-state index is 0.0235. The highest BCUT2D eigenvalue weighted by Crippen LogP contribution is 2.62. The fourth-order valence-electron chi connectivity index (χ4n) is 8.16. The van der Waals surface area contributed by atoms with Crippen LogP contribution in [0.15, 0.2) is 35.0 Å². The molecule has 1 saturated carbocycles. The van der Waals surface area contributed by atoms with Gasteiger partial charge in [-0.05, 0) is 74.1 Å². The lowest BCUT2D eigenvalue weighted by atomic mass is 9.55. The number of hydrogen-bond acceptors (Lipinski definition) is 14. The quantitative estimate of drug-likeness (QED) is 0.135. The van der Waals surface area contributed by atoms with Crippen molar-refractivity contribution in [3.8, 4) is 11.5 Å². The lowest BCUT2D eigenvalue weighted by Crippen LogP contribution is -2.62. The van der Waals surface area contributed by atoms with Gasteiger partial charge in [0.25, 0.3) is 0 Å². The summed E-state index contributed by atoms with van der Waals surface area (Å²) in [6, 6.07) is 3.57. The zero-order chi connectivity index (χ0) is 35.4. The normalized spacial score (nSPS) is 29.3. The predicted octanol–water partition coefficient (Wildman–Crippen LogP) is 3.38. The Bertz CT molecular complexity index is 1600. The fraction of sp³-hybridized carbons (Fsp3) is 0.629. The number of aliphatic hydroxyl groups excluding tert-OH is 2. The van der Waals surface area contributed by atoms with E-state index in [0.717, 1.165) is 44.6 Å². The smallest absolute Gasteiger partial charge is 0.361 e. The first-order valence-electron chi connectivity index (χ1n) is 17.4. The van der Waals surface area contributed by atoms with Crippen molar-refractivity contribution >= 4 is 17.7 Å². The third kappa shape index (κ3) is 6.71. The molecule has 2 aliphatic heterocycles. The second-order valence-electron chi connectivity index (χ2n) is 13.3. The molecule has 15 heteroatoms. The number of fused-ring (bicyclic) bond motifs is 2. The van der Waals surface area contributed by atoms with Crippen molar-refractivity contribution in [1.82, 2.24) is 15.0 Å². The number of aromatic hydroxyl groups is 1. The Morgan fingerprint density at radius 2 is 1.82 bits per heavy atom. The largest absolute Gasteiger partial charge is 0.508 e. The standard InChI is InChI=1S/C35H46N4O11/c1-46-33(43)31-32(34(44)47-2)39(38-36-31)27-19-25(37-50-28-11-5-8-16-48-28)23-17-20(9-3-6-14-40)22(10-4-7-15-41)29-24-18-21(42)12-13-26(24)49-35(27,45)30(23)29/h12-13,17-18,20,22,27-30,40-42,45H,3-11,14-16,19H2,1-2H3/t20-,22+,27-,28?,29+,30+,35+/m0/s1. The average Bonchev–Trinajstić information content (AvgIpc) is 3.57. The fourth-order valence-corrected chi connectivity index (χ4v) is 8.16. The number of nitrogens with zero attached hydrogens (tertiary/aromatic N) is 4. The molecule has 2 aromatic rings. The van der Waals surface area contributed by atoms with Crippen LogP contribution in [0, 0.1) is 17.8 Å². The lowest BCUT2D eigenvalue weighted by molar-refractivity contribution is -0.225. The molecule has 0 radical (unpaired) electrons. The first-order chi connectivity index (χ1) is 24.2. The van der Waals surface area contributed by atoms with E-state index in [1.165, 1.54) is 6.07 Å². The van der Waals surface area contributed by atoms with Crippen molar-refractivity contribution in [3.63, 3.8) is 0 Å². The maximum Gasteiger partial charge on any atom is 0.361 e. The van der Waals surface area contributed by atoms with Crippen LogP contribution in [0.1, 0.15) is 103 Å². The Kier molecular flexibility index (Phi) is 11.1. The van der Waals surface area contributed by atoms with E-state index in [1.807, 2.05) is 0 Å². The van der Waals surface area contributed by atoms with Gasteiger partial charge < -0.3 is 44.2 Å². The molecule has 4 N–H and O–H groups in total. The van der Waals surface area contributed by atoms with Gasteiger partial charge in [0.2, 0.25) is 17.8 Å². The van der Waals surface area contributed by atoms with Gasteiger partial charge in [-0.1, -0.05) is 29.3 Å². The number of ether oxygens (including phenoxy) is 4. The van der Waals surface area contributed by atoms with E-state index < -0.39 is 41.9 Å². The summed E-state index contributed by atoms with van der Waals surface area (Å²) >= 11 is 0. The van der Waals surface area contributed by atoms with Gasteiger partial charge in [0.1, 0.15) is 17.5 Å². The van der Waals surface area contributed by atoms with Crippen LogP contribution in [0.4, 0.5) is 0 Å². The molecule has 3 heterocycles. The number of oxime groups is 1. The van der Waals surface area contributed by atoms with E-state index in [-0.39, 0.29) is 48.6 Å². The molecular formula is C35H46N4O11. The number of phenols is 1. The van der Waals surface area contributed by atoms with Crippen molar-refractivity contribution in [2.75, 3.05) is 34.0 Å². The highest BCUT2D eigenvalue weighted by Gasteiger charge is 2.64. The second-order valence-corrected chi connectivity index (χ2v) is 13.3. The van der Waals surface area contributed by atoms with Crippen LogP contribution in [-0.4, -0.2) is 99.2 Å². The minimum atomic E-state index is -2.07. The van der Waals surface area contributed by atoms with E-state index in [4.69, 9.17) is 23.8 Å². The van der Waals surface area contributed by atoms with Crippen molar-refractivity contribution < 1.29 is 53.8 Å². The molecule has 1 aromatic heterocycles. The Labute approximate surface area is 289 Å². The summed E-state index contributed by atoms with van der Waals surface area (Å²) in [7, 11) is 2.31. The molecule has 50 heavy (non-hydrogen) atoms. The molecular weight excluding hydrogens is 652 g/mol. The van der Waals surface area contributed by atoms with Crippen LogP contribution < -0.4 is 4.74 Å². The third-order valence-electron chi connectivity index (χ3n) is 10.4. The predicted molar refractivity (Wildman–Crippen MR) is 175 cm³/mol. The van der Waals surface area contributed by atoms with Crippen LogP contribution in [0.25, 0.3) is 0 Å². The van der Waals surface area contributed by atoms with Gasteiger partial charge in [-0.15, -0.1) is 5.10 Å². The molecule has 1 saturated heterocycles. The topological polar surface area (TPSA) is 204 Å². The van der Waals surface area contributed by atoms with Crippen LogP contribution in [0.3, 0.4) is 0 Å². The molecule has 2 fully saturated rings. The van der Waals surface area contributed by atoms with E-state index in [2.05, 4.69) is 21.5 Å². The Morgan fingerprint density at radius 3 is 2.52 bits per heavy atom. The van der Waals surface area contributed by atoms with Gasteiger partial charge in [0, 0.05) is 37.5 Å². The molecule has 6 rings (SSSR count). The zero-order valence-electron chi connectivity index (χ0n) is 28.4. The molecule has 0 spiro atoms. The number of carbonyl (C=O) groups is 2. The van der Waals surface area contributed by atoms with Crippen molar-refractivity contribution in [1.29, 1.82) is 0 Å². The number of aliphatic hydroxyl groups is 3. The Morgan fingerprint density at radius 1 is 1.06 bits per heavy atom. The Balaban J connectivity index is 1.56. The molecule has 0 amide bonds. The maximum atomic E-state index is 13.3. The maximum absolute atomic E-state index is 13.3. The molecule has 15 nitrogen and oxygen atoms in total. The monoisotopic (exact) mass is 698 g/mol. The highest BCUT2D eigenvalue weighted by molar-refractivity contribution is 6.03. The lowest BCUT2D eigenvalue weighted by Gasteiger charge is -2.56. The highest BCUT2D eigenvalue weighted by atomic mass is 16.8. The van der Waals surface area contributed by atoms with Crippen LogP contribution >= 0.6 is 0 Å². The van der Waals surface area contributed by atoms with Crippen LogP contribution in [-0.2, 0) is 19.0 Å². The zero-order valence-corrected chi connectivity index (χ0v) is 28.4. The molecule has 2 aliphatic carbocycles. The number of unbranched alkanes of at least 4 members (excludes halogenated alkanes) is 2. The minimum Gasteiger partial charge on any atom is -0.508 e. The summed E-state index contributed by atoms with van der Waals surface area (Å²) in [6.07, 6.45) is 8.10. The van der Waals surface area contributed by atoms with E-state index in [9.17, 15) is 30.0 Å². The number of allylic oxidation sites excluding steroid dienone is 1. The molecule has 4 aliphatic rings. The van der Waals surface area contributed by atoms with Crippen molar-refractivity contribution in [2.24, 2.45) is 22.9 Å². The number of phenolic OH excluding ortho intramolecular Hbond substituents is 1. The van der Waals surface area contributed by atoms with E-state index in [1.54, 1.807) is 12.1 Å². The summed E-state index contributed by atoms with van der Waals surface area (Å²) < 4.78 is 23.4. The summed E-state index contributed by atoms with van der Waals surface area (Å²) in [5, 5.41) is 55.9. The van der Waals surface area contributed by atoms with Gasteiger partial charge in [-0.3, -0.25) is 0 Å². The van der Waals surface area contributed by atoms with E-state index in [0.29, 0.717) is 61.3 Å². The van der Waals surface area contributed by atoms with Crippen LogP contribution in [0.5, 0.6) is 11.5 Å². The SMILES string of the molecule is COC(=O)c1nnn([C@H]2CC(=NOC3CCCCO3)C3=C[C@H](CCCCO)[C@@H](CCCCO)[C@@H]4c5cc(O)ccc5O[C@@]2(O)[C@H]34)c1C(=O)OC. The number of carbonyl (C=O) groups excluding carboxylic acids is 2. The third-order valence-corrected chi connectivity index (χ3v) is 10.4. The Hall–Kier alpha value is -4.05. The van der Waals surface area contributed by atoms with E-state index >= 15 is 0 Å². The van der Waals surface area contributed by atoms with Gasteiger partial charge >= 0.3 is 11.9 Å². The van der Waals surface area contributed by atoms with Crippen LogP contribution in [0.2, 0.25) is 0 Å². The first-order valence-corrected chi connectivity index (χ1v) is 17.4. The molecule has 7 atom stereocenters.